The lowest BCUT2D eigenvalue weighted by atomic mass is 9.85. The molecule has 1 fully saturated rings. The number of alkyl halides is 1. The fraction of sp³-hybridized carbons (Fsp3) is 0.929. The Balaban J connectivity index is 2.19. The van der Waals surface area contributed by atoms with E-state index in [1.165, 1.54) is 19.3 Å². The molecule has 1 rings (SSSR count). The molecular formula is C14H25BrO2. The molecule has 3 heteroatoms. The van der Waals surface area contributed by atoms with Crippen molar-refractivity contribution in [2.24, 2.45) is 5.92 Å². The molecule has 100 valence electrons. The molecule has 2 unspecified atom stereocenters. The summed E-state index contributed by atoms with van der Waals surface area (Å²) in [5, 5.41) is 1.03. The van der Waals surface area contributed by atoms with Crippen molar-refractivity contribution in [2.75, 3.05) is 5.33 Å². The highest BCUT2D eigenvalue weighted by Gasteiger charge is 2.26. The van der Waals surface area contributed by atoms with Crippen LogP contribution in [-0.4, -0.2) is 17.4 Å². The highest BCUT2D eigenvalue weighted by atomic mass is 79.9. The first-order valence-corrected chi connectivity index (χ1v) is 8.15. The van der Waals surface area contributed by atoms with E-state index in [0.29, 0.717) is 12.3 Å². The van der Waals surface area contributed by atoms with Gasteiger partial charge in [0.15, 0.2) is 0 Å². The van der Waals surface area contributed by atoms with E-state index in [2.05, 4.69) is 22.9 Å². The summed E-state index contributed by atoms with van der Waals surface area (Å²) in [5.41, 5.74) is 0. The van der Waals surface area contributed by atoms with Gasteiger partial charge < -0.3 is 4.74 Å². The zero-order valence-electron chi connectivity index (χ0n) is 10.9. The van der Waals surface area contributed by atoms with Gasteiger partial charge in [-0.2, -0.15) is 0 Å². The Morgan fingerprint density at radius 3 is 2.71 bits per heavy atom. The molecule has 0 N–H and O–H groups in total. The van der Waals surface area contributed by atoms with Crippen LogP contribution in [0, 0.1) is 5.92 Å². The highest BCUT2D eigenvalue weighted by Crippen LogP contribution is 2.29. The van der Waals surface area contributed by atoms with E-state index >= 15 is 0 Å². The Hall–Kier alpha value is -0.0500. The average molecular weight is 305 g/mol. The summed E-state index contributed by atoms with van der Waals surface area (Å²) in [6.07, 6.45) is 10.0. The minimum Gasteiger partial charge on any atom is -0.462 e. The van der Waals surface area contributed by atoms with E-state index in [4.69, 9.17) is 4.74 Å². The molecule has 17 heavy (non-hydrogen) atoms. The molecule has 0 spiro atoms. The van der Waals surface area contributed by atoms with Gasteiger partial charge in [-0.05, 0) is 44.4 Å². The zero-order chi connectivity index (χ0) is 12.5. The molecule has 0 saturated heterocycles. The fourth-order valence-electron chi connectivity index (χ4n) is 2.56. The minimum atomic E-state index is 0.0184. The molecule has 0 bridgehead atoms. The summed E-state index contributed by atoms with van der Waals surface area (Å²) in [6.45, 7) is 2.20. The molecule has 1 saturated carbocycles. The van der Waals surface area contributed by atoms with Gasteiger partial charge in [0.05, 0.1) is 0 Å². The largest absolute Gasteiger partial charge is 0.462 e. The van der Waals surface area contributed by atoms with Gasteiger partial charge in [0.1, 0.15) is 6.10 Å². The van der Waals surface area contributed by atoms with E-state index in [0.717, 1.165) is 37.4 Å². The molecule has 0 aliphatic heterocycles. The molecule has 0 radical (unpaired) electrons. The molecule has 2 atom stereocenters. The van der Waals surface area contributed by atoms with Crippen LogP contribution in [0.25, 0.3) is 0 Å². The maximum absolute atomic E-state index is 11.7. The summed E-state index contributed by atoms with van der Waals surface area (Å²) in [5.74, 6) is 0.625. The van der Waals surface area contributed by atoms with E-state index < -0.39 is 0 Å². The third-order valence-corrected chi connectivity index (χ3v) is 4.22. The Morgan fingerprint density at radius 1 is 1.24 bits per heavy atom. The van der Waals surface area contributed by atoms with Crippen LogP contribution in [-0.2, 0) is 9.53 Å². The summed E-state index contributed by atoms with van der Waals surface area (Å²) in [4.78, 5) is 11.7. The average Bonchev–Trinajstić information content (AvgIpc) is 2.35. The van der Waals surface area contributed by atoms with Crippen molar-refractivity contribution in [3.63, 3.8) is 0 Å². The second kappa shape index (κ2) is 8.96. The lowest BCUT2D eigenvalue weighted by Gasteiger charge is -2.30. The van der Waals surface area contributed by atoms with Crippen molar-refractivity contribution in [2.45, 2.75) is 70.8 Å². The van der Waals surface area contributed by atoms with Crippen molar-refractivity contribution < 1.29 is 9.53 Å². The van der Waals surface area contributed by atoms with E-state index in [9.17, 15) is 4.79 Å². The first kappa shape index (κ1) is 15.0. The van der Waals surface area contributed by atoms with E-state index in [-0.39, 0.29) is 12.1 Å². The van der Waals surface area contributed by atoms with Gasteiger partial charge in [0, 0.05) is 11.8 Å². The number of hydrogen-bond acceptors (Lipinski definition) is 2. The smallest absolute Gasteiger partial charge is 0.306 e. The maximum Gasteiger partial charge on any atom is 0.306 e. The summed E-state index contributed by atoms with van der Waals surface area (Å²) >= 11 is 3.40. The van der Waals surface area contributed by atoms with Crippen molar-refractivity contribution >= 4 is 21.9 Å². The zero-order valence-corrected chi connectivity index (χ0v) is 12.5. The van der Waals surface area contributed by atoms with Crippen molar-refractivity contribution in [1.29, 1.82) is 0 Å². The number of carbonyl (C=O) groups excluding carboxylic acids is 1. The van der Waals surface area contributed by atoms with Crippen LogP contribution in [0.5, 0.6) is 0 Å². The van der Waals surface area contributed by atoms with Gasteiger partial charge in [0.25, 0.3) is 0 Å². The number of halogens is 1. The predicted molar refractivity (Wildman–Crippen MR) is 74.4 cm³/mol. The molecule has 0 aromatic heterocycles. The Kier molecular flexibility index (Phi) is 7.91. The number of esters is 1. The number of unbranched alkanes of at least 4 members (excludes halogenated alkanes) is 2. The summed E-state index contributed by atoms with van der Waals surface area (Å²) in [6, 6.07) is 0. The fourth-order valence-corrected chi connectivity index (χ4v) is 2.96. The molecule has 0 aromatic carbocycles. The molecule has 0 heterocycles. The second-order valence-corrected chi connectivity index (χ2v) is 5.77. The monoisotopic (exact) mass is 304 g/mol. The van der Waals surface area contributed by atoms with E-state index in [1.54, 1.807) is 0 Å². The van der Waals surface area contributed by atoms with Crippen LogP contribution >= 0.6 is 15.9 Å². The van der Waals surface area contributed by atoms with Gasteiger partial charge in [-0.15, -0.1) is 0 Å². The van der Waals surface area contributed by atoms with Crippen LogP contribution in [0.2, 0.25) is 0 Å². The van der Waals surface area contributed by atoms with Crippen LogP contribution in [0.15, 0.2) is 0 Å². The first-order chi connectivity index (χ1) is 8.27. The van der Waals surface area contributed by atoms with Gasteiger partial charge in [-0.3, -0.25) is 4.79 Å². The standard InChI is InChI=1S/C14H25BrO2/c1-2-12-8-5-6-9-13(12)17-14(16)10-4-3-7-11-15/h12-13H,2-11H2,1H3. The molecule has 1 aliphatic rings. The molecular weight excluding hydrogens is 280 g/mol. The molecule has 0 amide bonds. The van der Waals surface area contributed by atoms with Gasteiger partial charge >= 0.3 is 5.97 Å². The minimum absolute atomic E-state index is 0.0184. The third-order valence-electron chi connectivity index (χ3n) is 3.66. The number of ether oxygens (including phenoxy) is 1. The number of carbonyl (C=O) groups is 1. The number of hydrogen-bond donors (Lipinski definition) is 0. The quantitative estimate of drug-likeness (QED) is 0.394. The van der Waals surface area contributed by atoms with Crippen LogP contribution in [0.1, 0.15) is 64.7 Å². The summed E-state index contributed by atoms with van der Waals surface area (Å²) in [7, 11) is 0. The lowest BCUT2D eigenvalue weighted by molar-refractivity contribution is -0.153. The predicted octanol–water partition coefficient (Wildman–Crippen LogP) is 4.45. The van der Waals surface area contributed by atoms with Crippen LogP contribution < -0.4 is 0 Å². The molecule has 0 aromatic rings. The first-order valence-electron chi connectivity index (χ1n) is 7.03. The van der Waals surface area contributed by atoms with Crippen LogP contribution in [0.3, 0.4) is 0 Å². The van der Waals surface area contributed by atoms with E-state index in [1.807, 2.05) is 0 Å². The van der Waals surface area contributed by atoms with Crippen LogP contribution in [0.4, 0.5) is 0 Å². The normalized spacial score (nSPS) is 24.6. The number of rotatable bonds is 7. The topological polar surface area (TPSA) is 26.3 Å². The molecule has 1 aliphatic carbocycles. The highest BCUT2D eigenvalue weighted by molar-refractivity contribution is 9.09. The van der Waals surface area contributed by atoms with Gasteiger partial charge in [0.2, 0.25) is 0 Å². The maximum atomic E-state index is 11.7. The van der Waals surface area contributed by atoms with Crippen molar-refractivity contribution in [3.8, 4) is 0 Å². The van der Waals surface area contributed by atoms with Crippen molar-refractivity contribution in [3.05, 3.63) is 0 Å². The molecule has 2 nitrogen and oxygen atoms in total. The summed E-state index contributed by atoms with van der Waals surface area (Å²) < 4.78 is 5.62. The Labute approximate surface area is 114 Å². The lowest BCUT2D eigenvalue weighted by Crippen LogP contribution is -2.29. The second-order valence-electron chi connectivity index (χ2n) is 4.98. The Morgan fingerprint density at radius 2 is 2.00 bits per heavy atom. The van der Waals surface area contributed by atoms with Gasteiger partial charge in [-0.25, -0.2) is 0 Å². The van der Waals surface area contributed by atoms with Gasteiger partial charge in [-0.1, -0.05) is 35.7 Å². The third kappa shape index (κ3) is 5.89. The van der Waals surface area contributed by atoms with Crippen molar-refractivity contribution in [1.82, 2.24) is 0 Å². The SMILES string of the molecule is CCC1CCCCC1OC(=O)CCCCCBr. The Bertz CT molecular complexity index is 218.